The number of carbonyl (C=O) groups is 2. The topological polar surface area (TPSA) is 83.7 Å². The summed E-state index contributed by atoms with van der Waals surface area (Å²) in [6.45, 7) is 6.96. The van der Waals surface area contributed by atoms with Crippen LogP contribution in [0.4, 0.5) is 5.69 Å². The second-order valence-electron chi connectivity index (χ2n) is 8.49. The van der Waals surface area contributed by atoms with Crippen molar-refractivity contribution in [2.24, 2.45) is 0 Å². The molecule has 7 nitrogen and oxygen atoms in total. The van der Waals surface area contributed by atoms with E-state index in [4.69, 9.17) is 27.6 Å². The minimum atomic E-state index is -1.71. The average molecular weight is 534 g/mol. The third-order valence-corrected chi connectivity index (χ3v) is 8.24. The molecule has 3 atom stereocenters. The van der Waals surface area contributed by atoms with Gasteiger partial charge in [-0.25, -0.2) is 4.98 Å². The van der Waals surface area contributed by atoms with Crippen LogP contribution in [0.15, 0.2) is 58.0 Å². The van der Waals surface area contributed by atoms with Crippen LogP contribution in [0.1, 0.15) is 40.7 Å². The molecule has 1 aromatic heterocycles. The average Bonchev–Trinajstić information content (AvgIpc) is 3.26. The molecule has 2 aromatic carbocycles. The van der Waals surface area contributed by atoms with Crippen LogP contribution < -0.4 is 4.90 Å². The van der Waals surface area contributed by atoms with Gasteiger partial charge < -0.3 is 14.2 Å². The first kappa shape index (κ1) is 25.4. The highest BCUT2D eigenvalue weighted by Crippen LogP contribution is 2.29. The molecule has 2 heterocycles. The Morgan fingerprint density at radius 3 is 2.54 bits per heavy atom. The summed E-state index contributed by atoms with van der Waals surface area (Å²) in [5, 5.41) is 0.842. The zero-order valence-corrected chi connectivity index (χ0v) is 21.9. The van der Waals surface area contributed by atoms with E-state index in [1.165, 1.54) is 18.3 Å². The van der Waals surface area contributed by atoms with Crippen LogP contribution >= 0.6 is 23.2 Å². The summed E-state index contributed by atoms with van der Waals surface area (Å²) >= 11 is 12.6. The summed E-state index contributed by atoms with van der Waals surface area (Å²) < 4.78 is 18.0. The molecule has 1 aliphatic heterocycles. The second-order valence-corrected chi connectivity index (χ2v) is 10.8. The number of aryl methyl sites for hydroxylation is 1. The van der Waals surface area contributed by atoms with Gasteiger partial charge >= 0.3 is 0 Å². The molecule has 4 rings (SSSR count). The van der Waals surface area contributed by atoms with Gasteiger partial charge in [0.1, 0.15) is 5.76 Å². The molecule has 184 valence electrons. The normalized spacial score (nSPS) is 19.0. The molecule has 1 aliphatic rings. The standard InChI is InChI=1S/C25H25Cl2N3O4S/c1-15-13-28-24(34-15)22(31)14-35(33)23-8-7-18(11-21(23)27)25(32)30-10-9-29(16(2)17(30)3)20-6-4-5-19(26)12-20/h4-8,11-13,16-17H,9-10,14H2,1-3H3/t16-,17-,35?/m0/s1. The predicted octanol–water partition coefficient (Wildman–Crippen LogP) is 5.02. The second kappa shape index (κ2) is 10.5. The number of nitrogens with zero attached hydrogens (tertiary/aromatic N) is 3. The molecule has 0 aliphatic carbocycles. The van der Waals surface area contributed by atoms with Crippen molar-refractivity contribution in [2.75, 3.05) is 23.7 Å². The third-order valence-electron chi connectivity index (χ3n) is 6.21. The number of amides is 1. The van der Waals surface area contributed by atoms with Crippen molar-refractivity contribution in [3.8, 4) is 0 Å². The summed E-state index contributed by atoms with van der Waals surface area (Å²) in [6.07, 6.45) is 1.43. The van der Waals surface area contributed by atoms with Crippen molar-refractivity contribution in [2.45, 2.75) is 37.8 Å². The first-order valence-electron chi connectivity index (χ1n) is 11.1. The third kappa shape index (κ3) is 5.44. The molecule has 1 amide bonds. The number of Topliss-reactive ketones (excluding diaryl/α,β-unsaturated/α-hetero) is 1. The van der Waals surface area contributed by atoms with E-state index < -0.39 is 16.6 Å². The van der Waals surface area contributed by atoms with Crippen LogP contribution in [-0.4, -0.2) is 56.7 Å². The fourth-order valence-corrected chi connectivity index (χ4v) is 5.81. The summed E-state index contributed by atoms with van der Waals surface area (Å²) in [5.41, 5.74) is 1.42. The molecule has 0 bridgehead atoms. The van der Waals surface area contributed by atoms with Crippen LogP contribution in [0, 0.1) is 6.92 Å². The molecule has 1 saturated heterocycles. The summed E-state index contributed by atoms with van der Waals surface area (Å²) in [5.74, 6) is -0.531. The fraction of sp³-hybridized carbons (Fsp3) is 0.320. The molecule has 0 spiro atoms. The van der Waals surface area contributed by atoms with Crippen molar-refractivity contribution < 1.29 is 18.2 Å². The lowest BCUT2D eigenvalue weighted by molar-refractivity contribution is 0.0634. The number of anilines is 1. The van der Waals surface area contributed by atoms with Gasteiger partial charge in [-0.3, -0.25) is 13.8 Å². The number of aromatic nitrogens is 1. The fourth-order valence-electron chi connectivity index (χ4n) is 4.18. The van der Waals surface area contributed by atoms with Crippen LogP contribution in [-0.2, 0) is 10.8 Å². The minimum absolute atomic E-state index is 0.0651. The van der Waals surface area contributed by atoms with Gasteiger partial charge in [-0.1, -0.05) is 29.3 Å². The molecule has 3 aromatic rings. The van der Waals surface area contributed by atoms with E-state index in [-0.39, 0.29) is 39.6 Å². The van der Waals surface area contributed by atoms with Crippen molar-refractivity contribution >= 4 is 51.4 Å². The number of oxazole rings is 1. The maximum Gasteiger partial charge on any atom is 0.264 e. The first-order valence-corrected chi connectivity index (χ1v) is 13.2. The molecule has 1 unspecified atom stereocenters. The molecular formula is C25H25Cl2N3O4S. The van der Waals surface area contributed by atoms with E-state index in [2.05, 4.69) is 16.8 Å². The van der Waals surface area contributed by atoms with Crippen LogP contribution in [0.5, 0.6) is 0 Å². The smallest absolute Gasteiger partial charge is 0.264 e. The van der Waals surface area contributed by atoms with Gasteiger partial charge in [0.2, 0.25) is 5.78 Å². The Morgan fingerprint density at radius 2 is 1.89 bits per heavy atom. The lowest BCUT2D eigenvalue weighted by Gasteiger charge is -2.46. The van der Waals surface area contributed by atoms with Gasteiger partial charge in [-0.05, 0) is 57.2 Å². The zero-order chi connectivity index (χ0) is 25.3. The molecular weight excluding hydrogens is 509 g/mol. The summed E-state index contributed by atoms with van der Waals surface area (Å²) in [4.78, 5) is 33.8. The monoisotopic (exact) mass is 533 g/mol. The van der Waals surface area contributed by atoms with Crippen LogP contribution in [0.3, 0.4) is 0 Å². The highest BCUT2D eigenvalue weighted by Gasteiger charge is 2.34. The molecule has 10 heteroatoms. The molecule has 1 fully saturated rings. The first-order chi connectivity index (χ1) is 16.7. The Balaban J connectivity index is 1.46. The number of hydrogen-bond acceptors (Lipinski definition) is 6. The Kier molecular flexibility index (Phi) is 7.64. The van der Waals surface area contributed by atoms with Crippen LogP contribution in [0.2, 0.25) is 10.0 Å². The van der Waals surface area contributed by atoms with Crippen molar-refractivity contribution in [1.82, 2.24) is 9.88 Å². The quantitative estimate of drug-likeness (QED) is 0.413. The van der Waals surface area contributed by atoms with E-state index in [1.807, 2.05) is 36.1 Å². The van der Waals surface area contributed by atoms with Gasteiger partial charge in [0, 0.05) is 41.4 Å². The van der Waals surface area contributed by atoms with E-state index in [0.717, 1.165) is 5.69 Å². The van der Waals surface area contributed by atoms with Gasteiger partial charge in [-0.15, -0.1) is 0 Å². The lowest BCUT2D eigenvalue weighted by Crippen LogP contribution is -2.59. The molecule has 35 heavy (non-hydrogen) atoms. The molecule has 0 radical (unpaired) electrons. The Labute approximate surface area is 216 Å². The molecule has 0 N–H and O–H groups in total. The number of benzene rings is 2. The molecule has 0 saturated carbocycles. The van der Waals surface area contributed by atoms with Gasteiger partial charge in [0.25, 0.3) is 11.8 Å². The Bertz CT molecular complexity index is 1300. The minimum Gasteiger partial charge on any atom is -0.439 e. The van der Waals surface area contributed by atoms with Crippen molar-refractivity contribution in [3.05, 3.63) is 75.9 Å². The zero-order valence-electron chi connectivity index (χ0n) is 19.5. The Morgan fingerprint density at radius 1 is 1.11 bits per heavy atom. The Hall–Kier alpha value is -2.68. The van der Waals surface area contributed by atoms with E-state index >= 15 is 0 Å². The van der Waals surface area contributed by atoms with Gasteiger partial charge in [-0.2, -0.15) is 0 Å². The number of piperazine rings is 1. The predicted molar refractivity (Wildman–Crippen MR) is 137 cm³/mol. The van der Waals surface area contributed by atoms with Crippen LogP contribution in [0.25, 0.3) is 0 Å². The maximum absolute atomic E-state index is 13.3. The number of carbonyl (C=O) groups excluding carboxylic acids is 2. The largest absolute Gasteiger partial charge is 0.439 e. The number of hydrogen-bond donors (Lipinski definition) is 0. The SMILES string of the molecule is Cc1cnc(C(=O)CS(=O)c2ccc(C(=O)N3CCN(c4cccc(Cl)c4)[C@@H](C)[C@@H]3C)cc2Cl)o1. The van der Waals surface area contributed by atoms with Crippen molar-refractivity contribution in [3.63, 3.8) is 0 Å². The summed E-state index contributed by atoms with van der Waals surface area (Å²) in [6, 6.07) is 12.3. The van der Waals surface area contributed by atoms with Gasteiger partial charge in [0.15, 0.2) is 0 Å². The van der Waals surface area contributed by atoms with E-state index in [1.54, 1.807) is 13.0 Å². The van der Waals surface area contributed by atoms with E-state index in [0.29, 0.717) is 29.4 Å². The van der Waals surface area contributed by atoms with E-state index in [9.17, 15) is 13.8 Å². The number of halogens is 2. The van der Waals surface area contributed by atoms with Crippen molar-refractivity contribution in [1.29, 1.82) is 0 Å². The highest BCUT2D eigenvalue weighted by molar-refractivity contribution is 7.86. The summed E-state index contributed by atoms with van der Waals surface area (Å²) in [7, 11) is -1.71. The maximum atomic E-state index is 13.3. The van der Waals surface area contributed by atoms with Gasteiger partial charge in [0.05, 0.1) is 32.7 Å². The number of rotatable bonds is 6. The number of ketones is 1. The highest BCUT2D eigenvalue weighted by atomic mass is 35.5. The lowest BCUT2D eigenvalue weighted by atomic mass is 10.0.